The van der Waals surface area contributed by atoms with Crippen LogP contribution in [0.4, 0.5) is 0 Å². The molecule has 32 heavy (non-hydrogen) atoms. The van der Waals surface area contributed by atoms with E-state index >= 15 is 0 Å². The van der Waals surface area contributed by atoms with E-state index in [1.165, 1.54) is 17.2 Å². The topological polar surface area (TPSA) is 90.0 Å². The Bertz CT molecular complexity index is 1110. The molecule has 7 heteroatoms. The second kappa shape index (κ2) is 9.26. The molecule has 1 amide bonds. The van der Waals surface area contributed by atoms with Crippen molar-refractivity contribution in [2.45, 2.75) is 39.3 Å². The Hall–Kier alpha value is -3.61. The van der Waals surface area contributed by atoms with E-state index in [-0.39, 0.29) is 12.3 Å². The molecule has 2 unspecified atom stereocenters. The fourth-order valence-corrected chi connectivity index (χ4v) is 3.94. The molecule has 3 aromatic rings. The van der Waals surface area contributed by atoms with Gasteiger partial charge in [0.25, 0.3) is 5.91 Å². The number of nitrogens with zero attached hydrogens (tertiary/aromatic N) is 1. The third-order valence-electron chi connectivity index (χ3n) is 5.54. The molecule has 4 rings (SSSR count). The molecule has 0 N–H and O–H groups in total. The van der Waals surface area contributed by atoms with Gasteiger partial charge in [-0.05, 0) is 55.3 Å². The summed E-state index contributed by atoms with van der Waals surface area (Å²) in [4.78, 5) is 40.7. The summed E-state index contributed by atoms with van der Waals surface area (Å²) in [6.45, 7) is 4.43. The zero-order valence-corrected chi connectivity index (χ0v) is 18.1. The van der Waals surface area contributed by atoms with E-state index in [4.69, 9.17) is 13.6 Å². The standard InChI is InChI=1S/C25H25NO6/c1-3-4-12-30-18-8-5-7-17(14-18)22-21(23(27)20-11-10-16(2)32-20)24(28)25(29)26(22)15-19-9-6-13-31-19/h5-11,13-14,21-22H,3-4,12,15H2,1-2H3. The van der Waals surface area contributed by atoms with Gasteiger partial charge < -0.3 is 18.5 Å². The number of hydrogen-bond acceptors (Lipinski definition) is 6. The van der Waals surface area contributed by atoms with Crippen LogP contribution in [-0.2, 0) is 16.1 Å². The highest BCUT2D eigenvalue weighted by atomic mass is 16.5. The smallest absolute Gasteiger partial charge is 0.291 e. The number of benzene rings is 1. The summed E-state index contributed by atoms with van der Waals surface area (Å²) in [5.41, 5.74) is 0.645. The molecule has 0 aliphatic carbocycles. The van der Waals surface area contributed by atoms with Gasteiger partial charge in [0.1, 0.15) is 23.2 Å². The van der Waals surface area contributed by atoms with Crippen molar-refractivity contribution in [3.05, 3.63) is 77.6 Å². The molecule has 1 aromatic carbocycles. The van der Waals surface area contributed by atoms with Crippen LogP contribution in [0, 0.1) is 12.8 Å². The lowest BCUT2D eigenvalue weighted by Gasteiger charge is -2.26. The van der Waals surface area contributed by atoms with Gasteiger partial charge in [-0.3, -0.25) is 14.4 Å². The molecule has 2 atom stereocenters. The zero-order chi connectivity index (χ0) is 22.7. The van der Waals surface area contributed by atoms with Crippen LogP contribution in [0.2, 0.25) is 0 Å². The maximum absolute atomic E-state index is 13.3. The van der Waals surface area contributed by atoms with Crippen LogP contribution in [0.25, 0.3) is 0 Å². The van der Waals surface area contributed by atoms with Gasteiger partial charge in [-0.25, -0.2) is 0 Å². The monoisotopic (exact) mass is 435 g/mol. The molecule has 3 heterocycles. The van der Waals surface area contributed by atoms with Gasteiger partial charge in [0, 0.05) is 0 Å². The maximum Gasteiger partial charge on any atom is 0.291 e. The summed E-state index contributed by atoms with van der Waals surface area (Å²) in [5.74, 6) is -1.43. The third kappa shape index (κ3) is 4.23. The lowest BCUT2D eigenvalue weighted by atomic mass is 9.88. The van der Waals surface area contributed by atoms with Crippen LogP contribution in [-0.4, -0.2) is 29.0 Å². The lowest BCUT2D eigenvalue weighted by molar-refractivity contribution is -0.141. The molecule has 1 aliphatic rings. The molecule has 1 saturated heterocycles. The summed E-state index contributed by atoms with van der Waals surface area (Å²) >= 11 is 0. The van der Waals surface area contributed by atoms with Crippen LogP contribution >= 0.6 is 0 Å². The van der Waals surface area contributed by atoms with Crippen LogP contribution in [0.1, 0.15) is 53.4 Å². The van der Waals surface area contributed by atoms with Crippen molar-refractivity contribution in [1.29, 1.82) is 0 Å². The molecule has 1 fully saturated rings. The number of amides is 1. The van der Waals surface area contributed by atoms with Crippen molar-refractivity contribution in [1.82, 2.24) is 4.90 Å². The maximum atomic E-state index is 13.3. The van der Waals surface area contributed by atoms with Gasteiger partial charge in [-0.15, -0.1) is 0 Å². The first-order chi connectivity index (χ1) is 15.5. The van der Waals surface area contributed by atoms with Crippen molar-refractivity contribution in [3.8, 4) is 5.75 Å². The number of unbranched alkanes of at least 4 members (excludes halogenated alkanes) is 1. The number of ketones is 2. The Morgan fingerprint density at radius 3 is 2.66 bits per heavy atom. The lowest BCUT2D eigenvalue weighted by Crippen LogP contribution is -2.30. The van der Waals surface area contributed by atoms with Crippen molar-refractivity contribution in [3.63, 3.8) is 0 Å². The first-order valence-corrected chi connectivity index (χ1v) is 10.7. The van der Waals surface area contributed by atoms with E-state index < -0.39 is 29.4 Å². The van der Waals surface area contributed by atoms with Gasteiger partial charge in [-0.1, -0.05) is 25.5 Å². The first-order valence-electron chi connectivity index (χ1n) is 10.7. The zero-order valence-electron chi connectivity index (χ0n) is 18.1. The SMILES string of the molecule is CCCCOc1cccc(C2C(C(=O)c3ccc(C)o3)C(=O)C(=O)N2Cc2ccco2)c1. The highest BCUT2D eigenvalue weighted by Gasteiger charge is 2.52. The first kappa shape index (κ1) is 21.6. The summed E-state index contributed by atoms with van der Waals surface area (Å²) in [6.07, 6.45) is 3.42. The summed E-state index contributed by atoms with van der Waals surface area (Å²) in [5, 5.41) is 0. The van der Waals surface area contributed by atoms with Crippen molar-refractivity contribution in [2.75, 3.05) is 6.61 Å². The fraction of sp³-hybridized carbons (Fsp3) is 0.320. The Kier molecular flexibility index (Phi) is 6.25. The molecule has 166 valence electrons. The normalized spacial score (nSPS) is 18.4. The molecule has 0 saturated carbocycles. The van der Waals surface area contributed by atoms with Crippen molar-refractivity contribution < 1.29 is 28.0 Å². The van der Waals surface area contributed by atoms with Crippen LogP contribution in [0.3, 0.4) is 0 Å². The van der Waals surface area contributed by atoms with Crippen LogP contribution in [0.5, 0.6) is 5.75 Å². The molecule has 0 spiro atoms. The second-order valence-corrected chi connectivity index (χ2v) is 7.85. The number of hydrogen-bond donors (Lipinski definition) is 0. The van der Waals surface area contributed by atoms with E-state index in [9.17, 15) is 14.4 Å². The van der Waals surface area contributed by atoms with E-state index in [0.717, 1.165) is 12.8 Å². The molecule has 7 nitrogen and oxygen atoms in total. The van der Waals surface area contributed by atoms with Gasteiger partial charge in [0.2, 0.25) is 11.6 Å². The Morgan fingerprint density at radius 1 is 1.12 bits per heavy atom. The summed E-state index contributed by atoms with van der Waals surface area (Å²) in [6, 6.07) is 13.0. The predicted molar refractivity (Wildman–Crippen MR) is 115 cm³/mol. The van der Waals surface area contributed by atoms with Gasteiger partial charge in [0.05, 0.1) is 25.5 Å². The number of carbonyl (C=O) groups is 3. The predicted octanol–water partition coefficient (Wildman–Crippen LogP) is 4.51. The molecule has 0 radical (unpaired) electrons. The highest BCUT2D eigenvalue weighted by Crippen LogP contribution is 2.40. The van der Waals surface area contributed by atoms with E-state index in [0.29, 0.717) is 29.4 Å². The number of ether oxygens (including phenoxy) is 1. The van der Waals surface area contributed by atoms with Crippen molar-refractivity contribution >= 4 is 17.5 Å². The minimum absolute atomic E-state index is 0.0637. The number of rotatable bonds is 9. The van der Waals surface area contributed by atoms with Crippen LogP contribution < -0.4 is 4.74 Å². The molecular formula is C25H25NO6. The molecule has 2 aromatic heterocycles. The van der Waals surface area contributed by atoms with E-state index in [1.807, 2.05) is 6.07 Å². The van der Waals surface area contributed by atoms with Gasteiger partial charge in [-0.2, -0.15) is 0 Å². The van der Waals surface area contributed by atoms with Gasteiger partial charge >= 0.3 is 0 Å². The minimum atomic E-state index is -1.21. The number of carbonyl (C=O) groups excluding carboxylic acids is 3. The quantitative estimate of drug-likeness (QED) is 0.213. The number of aryl methyl sites for hydroxylation is 1. The summed E-state index contributed by atoms with van der Waals surface area (Å²) < 4.78 is 16.7. The molecular weight excluding hydrogens is 410 g/mol. The highest BCUT2D eigenvalue weighted by molar-refractivity contribution is 6.43. The van der Waals surface area contributed by atoms with Crippen LogP contribution in [0.15, 0.2) is 63.6 Å². The van der Waals surface area contributed by atoms with E-state index in [2.05, 4.69) is 6.92 Å². The van der Waals surface area contributed by atoms with Gasteiger partial charge in [0.15, 0.2) is 5.76 Å². The Labute approximate surface area is 186 Å². The fourth-order valence-electron chi connectivity index (χ4n) is 3.94. The van der Waals surface area contributed by atoms with E-state index in [1.54, 1.807) is 43.3 Å². The summed E-state index contributed by atoms with van der Waals surface area (Å²) in [7, 11) is 0. The average molecular weight is 435 g/mol. The van der Waals surface area contributed by atoms with Crippen molar-refractivity contribution in [2.24, 2.45) is 5.92 Å². The third-order valence-corrected chi connectivity index (χ3v) is 5.54. The largest absolute Gasteiger partial charge is 0.494 e. The number of furan rings is 2. The number of Topliss-reactive ketones (excluding diaryl/α,β-unsaturated/α-hetero) is 2. The second-order valence-electron chi connectivity index (χ2n) is 7.85. The molecule has 1 aliphatic heterocycles. The Balaban J connectivity index is 1.73. The minimum Gasteiger partial charge on any atom is -0.494 e. The Morgan fingerprint density at radius 2 is 1.97 bits per heavy atom. The molecule has 0 bridgehead atoms. The average Bonchev–Trinajstić information content (AvgIpc) is 3.51. The number of likely N-dealkylation sites (tertiary alicyclic amines) is 1.